The molecule has 0 N–H and O–H groups in total. The average Bonchev–Trinajstić information content (AvgIpc) is 3.74. The van der Waals surface area contributed by atoms with Crippen LogP contribution in [0.15, 0.2) is 241 Å². The fourth-order valence-corrected chi connectivity index (χ4v) is 9.53. The molecular weight excluding hydrogens is 751 g/mol. The van der Waals surface area contributed by atoms with Gasteiger partial charge in [0.05, 0.1) is 5.69 Å². The maximum Gasteiger partial charge on any atom is 0.136 e. The maximum absolute atomic E-state index is 6.31. The molecule has 12 rings (SSSR count). The van der Waals surface area contributed by atoms with Gasteiger partial charge in [0, 0.05) is 27.7 Å². The van der Waals surface area contributed by atoms with E-state index in [-0.39, 0.29) is 0 Å². The van der Waals surface area contributed by atoms with Crippen LogP contribution in [0.4, 0.5) is 17.1 Å². The van der Waals surface area contributed by atoms with Gasteiger partial charge >= 0.3 is 0 Å². The molecule has 1 heterocycles. The molecule has 62 heavy (non-hydrogen) atoms. The van der Waals surface area contributed by atoms with E-state index < -0.39 is 0 Å². The van der Waals surface area contributed by atoms with E-state index >= 15 is 0 Å². The molecule has 0 unspecified atom stereocenters. The highest BCUT2D eigenvalue weighted by atomic mass is 16.3. The number of fused-ring (bicyclic) bond motifs is 7. The number of furan rings is 1. The number of para-hydroxylation sites is 1. The second-order valence-electron chi connectivity index (χ2n) is 16.0. The molecule has 0 spiro atoms. The van der Waals surface area contributed by atoms with Gasteiger partial charge in [0.15, 0.2) is 0 Å². The summed E-state index contributed by atoms with van der Waals surface area (Å²) in [6, 6.07) is 85.7. The predicted molar refractivity (Wildman–Crippen MR) is 263 cm³/mol. The number of hydrogen-bond donors (Lipinski definition) is 0. The summed E-state index contributed by atoms with van der Waals surface area (Å²) in [6.45, 7) is 0. The molecule has 0 amide bonds. The Morgan fingerprint density at radius 3 is 1.65 bits per heavy atom. The summed E-state index contributed by atoms with van der Waals surface area (Å²) in [6.07, 6.45) is 0. The number of benzene rings is 11. The van der Waals surface area contributed by atoms with Crippen LogP contribution < -0.4 is 4.90 Å². The highest BCUT2D eigenvalue weighted by Crippen LogP contribution is 2.49. The lowest BCUT2D eigenvalue weighted by Crippen LogP contribution is -2.12. The van der Waals surface area contributed by atoms with Crippen LogP contribution in [0.3, 0.4) is 0 Å². The molecule has 0 saturated carbocycles. The van der Waals surface area contributed by atoms with Gasteiger partial charge in [-0.2, -0.15) is 0 Å². The van der Waals surface area contributed by atoms with Gasteiger partial charge < -0.3 is 9.32 Å². The van der Waals surface area contributed by atoms with Crippen LogP contribution in [0.1, 0.15) is 0 Å². The van der Waals surface area contributed by atoms with Gasteiger partial charge in [0.1, 0.15) is 11.2 Å². The molecule has 2 nitrogen and oxygen atoms in total. The minimum absolute atomic E-state index is 0.894. The van der Waals surface area contributed by atoms with Crippen LogP contribution in [-0.4, -0.2) is 0 Å². The monoisotopic (exact) mass is 789 g/mol. The summed E-state index contributed by atoms with van der Waals surface area (Å²) in [4.78, 5) is 2.44. The minimum atomic E-state index is 0.894. The zero-order chi connectivity index (χ0) is 41.0. The van der Waals surface area contributed by atoms with Gasteiger partial charge in [-0.15, -0.1) is 0 Å². The Morgan fingerprint density at radius 2 is 0.855 bits per heavy atom. The molecule has 0 aliphatic carbocycles. The standard InChI is InChI=1S/C60H39NO/c1-2-14-40(15-3-1)42-30-34-47(35-31-42)61(48-36-32-43(33-37-48)50-24-13-27-58-60(50)54-22-10-11-26-57(54)62-58)56-25-12-23-51(46-29-28-41-16-4-5-17-44(41)38-46)59(56)55-39-45-18-6-7-19-49(45)52-20-8-9-21-53(52)55/h1-39H. The zero-order valence-corrected chi connectivity index (χ0v) is 33.9. The summed E-state index contributed by atoms with van der Waals surface area (Å²) in [5.74, 6) is 0. The number of rotatable bonds is 7. The van der Waals surface area contributed by atoms with Crippen LogP contribution in [-0.2, 0) is 0 Å². The summed E-state index contributed by atoms with van der Waals surface area (Å²) in [7, 11) is 0. The van der Waals surface area contributed by atoms with Crippen molar-refractivity contribution in [3.8, 4) is 44.5 Å². The third-order valence-electron chi connectivity index (χ3n) is 12.5. The third-order valence-corrected chi connectivity index (χ3v) is 12.5. The van der Waals surface area contributed by atoms with Crippen molar-refractivity contribution in [1.29, 1.82) is 0 Å². The zero-order valence-electron chi connectivity index (χ0n) is 33.9. The maximum atomic E-state index is 6.31. The molecular formula is C60H39NO. The van der Waals surface area contributed by atoms with Crippen molar-refractivity contribution in [1.82, 2.24) is 0 Å². The fourth-order valence-electron chi connectivity index (χ4n) is 9.53. The normalized spacial score (nSPS) is 11.5. The number of anilines is 3. The Bertz CT molecular complexity index is 3620. The molecule has 12 aromatic rings. The van der Waals surface area contributed by atoms with Crippen molar-refractivity contribution in [2.75, 3.05) is 4.90 Å². The quantitative estimate of drug-likeness (QED) is 0.150. The molecule has 11 aromatic carbocycles. The highest BCUT2D eigenvalue weighted by molar-refractivity contribution is 6.17. The van der Waals surface area contributed by atoms with E-state index in [2.05, 4.69) is 229 Å². The Hall–Kier alpha value is -8.20. The van der Waals surface area contributed by atoms with Crippen LogP contribution in [0.2, 0.25) is 0 Å². The number of hydrogen-bond acceptors (Lipinski definition) is 2. The molecule has 0 radical (unpaired) electrons. The first-order valence-corrected chi connectivity index (χ1v) is 21.2. The molecule has 0 atom stereocenters. The second-order valence-corrected chi connectivity index (χ2v) is 16.0. The van der Waals surface area contributed by atoms with Gasteiger partial charge in [-0.3, -0.25) is 0 Å². The van der Waals surface area contributed by atoms with Crippen LogP contribution in [0.5, 0.6) is 0 Å². The lowest BCUT2D eigenvalue weighted by molar-refractivity contribution is 0.669. The Kier molecular flexibility index (Phi) is 8.53. The van der Waals surface area contributed by atoms with E-state index in [1.807, 2.05) is 12.1 Å². The SMILES string of the molecule is c1ccc(-c2ccc(N(c3ccc(-c4cccc5oc6ccccc6c45)cc3)c3cccc(-c4ccc5ccccc5c4)c3-c3cc4ccccc4c4ccccc34)cc2)cc1. The van der Waals surface area contributed by atoms with Crippen molar-refractivity contribution in [2.45, 2.75) is 0 Å². The first-order valence-electron chi connectivity index (χ1n) is 21.2. The molecule has 0 aliphatic rings. The molecule has 0 aliphatic heterocycles. The number of nitrogens with zero attached hydrogens (tertiary/aromatic N) is 1. The van der Waals surface area contributed by atoms with Gasteiger partial charge in [0.25, 0.3) is 0 Å². The summed E-state index contributed by atoms with van der Waals surface area (Å²) >= 11 is 0. The predicted octanol–water partition coefficient (Wildman–Crippen LogP) is 17.2. The van der Waals surface area contributed by atoms with Crippen molar-refractivity contribution in [3.05, 3.63) is 237 Å². The lowest BCUT2D eigenvalue weighted by Gasteiger charge is -2.30. The Balaban J connectivity index is 1.12. The first kappa shape index (κ1) is 35.7. The third kappa shape index (κ3) is 6.04. The molecule has 1 aromatic heterocycles. The van der Waals surface area contributed by atoms with E-state index in [0.29, 0.717) is 0 Å². The van der Waals surface area contributed by atoms with E-state index in [9.17, 15) is 0 Å². The van der Waals surface area contributed by atoms with Crippen LogP contribution >= 0.6 is 0 Å². The van der Waals surface area contributed by atoms with Crippen molar-refractivity contribution < 1.29 is 4.42 Å². The largest absolute Gasteiger partial charge is 0.456 e. The highest BCUT2D eigenvalue weighted by Gasteiger charge is 2.23. The van der Waals surface area contributed by atoms with Gasteiger partial charge in [-0.05, 0) is 126 Å². The van der Waals surface area contributed by atoms with E-state index in [1.165, 1.54) is 65.7 Å². The van der Waals surface area contributed by atoms with E-state index in [1.54, 1.807) is 0 Å². The van der Waals surface area contributed by atoms with Crippen molar-refractivity contribution in [2.24, 2.45) is 0 Å². The smallest absolute Gasteiger partial charge is 0.136 e. The van der Waals surface area contributed by atoms with Gasteiger partial charge in [-0.25, -0.2) is 0 Å². The second kappa shape index (κ2) is 14.8. The van der Waals surface area contributed by atoms with Crippen molar-refractivity contribution in [3.63, 3.8) is 0 Å². The van der Waals surface area contributed by atoms with Crippen molar-refractivity contribution >= 4 is 71.3 Å². The van der Waals surface area contributed by atoms with Gasteiger partial charge in [0.2, 0.25) is 0 Å². The molecule has 2 heteroatoms. The molecule has 0 fully saturated rings. The molecule has 290 valence electrons. The lowest BCUT2D eigenvalue weighted by atomic mass is 9.87. The summed E-state index contributed by atoms with van der Waals surface area (Å²) in [5.41, 5.74) is 14.4. The Morgan fingerprint density at radius 1 is 0.290 bits per heavy atom. The molecule has 0 bridgehead atoms. The fraction of sp³-hybridized carbons (Fsp3) is 0. The summed E-state index contributed by atoms with van der Waals surface area (Å²) < 4.78 is 6.31. The first-order chi connectivity index (χ1) is 30.7. The summed E-state index contributed by atoms with van der Waals surface area (Å²) in [5, 5.41) is 9.63. The Labute approximate surface area is 360 Å². The van der Waals surface area contributed by atoms with Crippen LogP contribution in [0, 0.1) is 0 Å². The topological polar surface area (TPSA) is 16.4 Å². The minimum Gasteiger partial charge on any atom is -0.456 e. The van der Waals surface area contributed by atoms with Crippen LogP contribution in [0.25, 0.3) is 98.8 Å². The van der Waals surface area contributed by atoms with E-state index in [4.69, 9.17) is 4.42 Å². The van der Waals surface area contributed by atoms with Gasteiger partial charge in [-0.1, -0.05) is 182 Å². The average molecular weight is 790 g/mol. The van der Waals surface area contributed by atoms with E-state index in [0.717, 1.165) is 50.1 Å². The molecule has 0 saturated heterocycles.